The summed E-state index contributed by atoms with van der Waals surface area (Å²) >= 11 is 2.33. The Morgan fingerprint density at radius 1 is 1.00 bits per heavy atom. The number of hydrogen-bond acceptors (Lipinski definition) is 1. The molecule has 15 heavy (non-hydrogen) atoms. The van der Waals surface area contributed by atoms with Gasteiger partial charge in [-0.15, -0.1) is 0 Å². The molecule has 76 valence electrons. The average molecular weight is 309 g/mol. The summed E-state index contributed by atoms with van der Waals surface area (Å²) in [5.41, 5.74) is 10.3. The maximum absolute atomic E-state index is 5.67. The van der Waals surface area contributed by atoms with Gasteiger partial charge in [0.15, 0.2) is 0 Å². The third kappa shape index (κ3) is 2.31. The second kappa shape index (κ2) is 4.23. The summed E-state index contributed by atoms with van der Waals surface area (Å²) in [6.07, 6.45) is 0. The van der Waals surface area contributed by atoms with Crippen LogP contribution in [0.2, 0.25) is 0 Å². The van der Waals surface area contributed by atoms with Crippen LogP contribution in [0.15, 0.2) is 42.5 Å². The highest BCUT2D eigenvalue weighted by Crippen LogP contribution is 2.25. The first-order valence-electron chi connectivity index (χ1n) is 4.79. The van der Waals surface area contributed by atoms with E-state index in [4.69, 9.17) is 5.73 Å². The lowest BCUT2D eigenvalue weighted by atomic mass is 10.0. The Hall–Kier alpha value is -1.03. The molecule has 0 aliphatic rings. The first-order chi connectivity index (χ1) is 7.16. The molecule has 0 fully saturated rings. The van der Waals surface area contributed by atoms with Crippen molar-refractivity contribution in [2.45, 2.75) is 6.92 Å². The first-order valence-corrected chi connectivity index (χ1v) is 5.87. The van der Waals surface area contributed by atoms with Crippen molar-refractivity contribution in [3.05, 3.63) is 51.6 Å². The molecule has 0 radical (unpaired) electrons. The van der Waals surface area contributed by atoms with Crippen LogP contribution in [0.5, 0.6) is 0 Å². The maximum Gasteiger partial charge on any atom is 0.0314 e. The minimum Gasteiger partial charge on any atom is -0.399 e. The topological polar surface area (TPSA) is 26.0 Å². The minimum atomic E-state index is 0.807. The van der Waals surface area contributed by atoms with Crippen molar-refractivity contribution in [3.63, 3.8) is 0 Å². The van der Waals surface area contributed by atoms with Crippen molar-refractivity contribution in [1.29, 1.82) is 0 Å². The molecule has 0 aromatic heterocycles. The Kier molecular flexibility index (Phi) is 2.95. The molecule has 0 bridgehead atoms. The van der Waals surface area contributed by atoms with Gasteiger partial charge < -0.3 is 5.73 Å². The normalized spacial score (nSPS) is 10.3. The van der Waals surface area contributed by atoms with Gasteiger partial charge in [0.25, 0.3) is 0 Å². The standard InChI is InChI=1S/C13H12IN/c1-9-2-5-11(14)8-13(9)10-3-6-12(15)7-4-10/h2-8H,15H2,1H3. The second-order valence-corrected chi connectivity index (χ2v) is 4.83. The lowest BCUT2D eigenvalue weighted by Gasteiger charge is -2.06. The van der Waals surface area contributed by atoms with Gasteiger partial charge in [-0.2, -0.15) is 0 Å². The fraction of sp³-hybridized carbons (Fsp3) is 0.0769. The molecule has 1 nitrogen and oxygen atoms in total. The first kappa shape index (κ1) is 10.5. The second-order valence-electron chi connectivity index (χ2n) is 3.58. The molecule has 0 aliphatic carbocycles. The Morgan fingerprint density at radius 2 is 1.67 bits per heavy atom. The predicted octanol–water partition coefficient (Wildman–Crippen LogP) is 3.85. The number of rotatable bonds is 1. The SMILES string of the molecule is Cc1ccc(I)cc1-c1ccc(N)cc1. The van der Waals surface area contributed by atoms with Crippen molar-refractivity contribution in [2.24, 2.45) is 0 Å². The van der Waals surface area contributed by atoms with E-state index in [0.29, 0.717) is 0 Å². The Morgan fingerprint density at radius 3 is 2.33 bits per heavy atom. The summed E-state index contributed by atoms with van der Waals surface area (Å²) < 4.78 is 1.25. The van der Waals surface area contributed by atoms with Gasteiger partial charge in [-0.1, -0.05) is 18.2 Å². The number of benzene rings is 2. The summed E-state index contributed by atoms with van der Waals surface area (Å²) in [7, 11) is 0. The van der Waals surface area contributed by atoms with Crippen LogP contribution in [0.4, 0.5) is 5.69 Å². The van der Waals surface area contributed by atoms with Crippen LogP contribution in [0.3, 0.4) is 0 Å². The molecular formula is C13H12IN. The summed E-state index contributed by atoms with van der Waals surface area (Å²) in [6, 6.07) is 14.5. The zero-order valence-corrected chi connectivity index (χ0v) is 10.7. The van der Waals surface area contributed by atoms with Crippen molar-refractivity contribution in [1.82, 2.24) is 0 Å². The molecule has 0 atom stereocenters. The Bertz CT molecular complexity index is 474. The number of aryl methyl sites for hydroxylation is 1. The van der Waals surface area contributed by atoms with E-state index in [1.807, 2.05) is 12.1 Å². The van der Waals surface area contributed by atoms with Crippen molar-refractivity contribution in [2.75, 3.05) is 5.73 Å². The van der Waals surface area contributed by atoms with E-state index >= 15 is 0 Å². The molecule has 0 saturated carbocycles. The number of anilines is 1. The minimum absolute atomic E-state index is 0.807. The Labute approximate surface area is 103 Å². The van der Waals surface area contributed by atoms with Gasteiger partial charge in [-0.25, -0.2) is 0 Å². The lowest BCUT2D eigenvalue weighted by molar-refractivity contribution is 1.44. The average Bonchev–Trinajstić information content (AvgIpc) is 2.23. The third-order valence-electron chi connectivity index (χ3n) is 2.42. The van der Waals surface area contributed by atoms with Crippen LogP contribution >= 0.6 is 22.6 Å². The number of nitrogen functional groups attached to an aromatic ring is 1. The molecule has 0 unspecified atom stereocenters. The fourth-order valence-corrected chi connectivity index (χ4v) is 2.06. The highest BCUT2D eigenvalue weighted by atomic mass is 127. The predicted molar refractivity (Wildman–Crippen MR) is 73.7 cm³/mol. The van der Waals surface area contributed by atoms with E-state index in [2.05, 4.69) is 59.8 Å². The zero-order valence-electron chi connectivity index (χ0n) is 8.50. The molecule has 0 amide bonds. The van der Waals surface area contributed by atoms with Crippen LogP contribution in [0.25, 0.3) is 11.1 Å². The summed E-state index contributed by atoms with van der Waals surface area (Å²) in [6.45, 7) is 2.13. The smallest absolute Gasteiger partial charge is 0.0314 e. The fourth-order valence-electron chi connectivity index (χ4n) is 1.57. The van der Waals surface area contributed by atoms with E-state index in [1.54, 1.807) is 0 Å². The highest BCUT2D eigenvalue weighted by Gasteiger charge is 2.01. The molecule has 2 N–H and O–H groups in total. The van der Waals surface area contributed by atoms with Crippen molar-refractivity contribution >= 4 is 28.3 Å². The largest absolute Gasteiger partial charge is 0.399 e. The summed E-state index contributed by atoms with van der Waals surface area (Å²) in [5, 5.41) is 0. The van der Waals surface area contributed by atoms with E-state index in [1.165, 1.54) is 20.3 Å². The van der Waals surface area contributed by atoms with Crippen LogP contribution < -0.4 is 5.73 Å². The number of nitrogens with two attached hydrogens (primary N) is 1. The molecule has 2 aromatic rings. The van der Waals surface area contributed by atoms with Gasteiger partial charge in [0, 0.05) is 9.26 Å². The molecule has 2 heteroatoms. The summed E-state index contributed by atoms with van der Waals surface area (Å²) in [4.78, 5) is 0. The molecule has 0 aliphatic heterocycles. The quantitative estimate of drug-likeness (QED) is 0.628. The zero-order chi connectivity index (χ0) is 10.8. The number of halogens is 1. The van der Waals surface area contributed by atoms with Gasteiger partial charge in [0.05, 0.1) is 0 Å². The monoisotopic (exact) mass is 309 g/mol. The van der Waals surface area contributed by atoms with Gasteiger partial charge in [0.2, 0.25) is 0 Å². The van der Waals surface area contributed by atoms with Gasteiger partial charge in [-0.05, 0) is 70.5 Å². The van der Waals surface area contributed by atoms with Crippen molar-refractivity contribution in [3.8, 4) is 11.1 Å². The molecule has 2 rings (SSSR count). The lowest BCUT2D eigenvalue weighted by Crippen LogP contribution is -1.87. The molecule has 0 heterocycles. The molecule has 0 saturated heterocycles. The van der Waals surface area contributed by atoms with Crippen molar-refractivity contribution < 1.29 is 0 Å². The summed E-state index contributed by atoms with van der Waals surface area (Å²) in [5.74, 6) is 0. The molecular weight excluding hydrogens is 297 g/mol. The van der Waals surface area contributed by atoms with Crippen LogP contribution in [-0.2, 0) is 0 Å². The third-order valence-corrected chi connectivity index (χ3v) is 3.09. The number of hydrogen-bond donors (Lipinski definition) is 1. The molecule has 0 spiro atoms. The van der Waals surface area contributed by atoms with Crippen LogP contribution in [-0.4, -0.2) is 0 Å². The van der Waals surface area contributed by atoms with Gasteiger partial charge in [0.1, 0.15) is 0 Å². The maximum atomic E-state index is 5.67. The van der Waals surface area contributed by atoms with E-state index in [9.17, 15) is 0 Å². The van der Waals surface area contributed by atoms with E-state index < -0.39 is 0 Å². The van der Waals surface area contributed by atoms with E-state index in [0.717, 1.165) is 5.69 Å². The van der Waals surface area contributed by atoms with Crippen LogP contribution in [0, 0.1) is 10.5 Å². The van der Waals surface area contributed by atoms with E-state index in [-0.39, 0.29) is 0 Å². The molecule has 2 aromatic carbocycles. The highest BCUT2D eigenvalue weighted by molar-refractivity contribution is 14.1. The van der Waals surface area contributed by atoms with Gasteiger partial charge in [-0.3, -0.25) is 0 Å². The Balaban J connectivity index is 2.53. The van der Waals surface area contributed by atoms with Gasteiger partial charge >= 0.3 is 0 Å². The van der Waals surface area contributed by atoms with Crippen LogP contribution in [0.1, 0.15) is 5.56 Å².